The lowest BCUT2D eigenvalue weighted by Gasteiger charge is -2.21. The molecular formula is C15H21N3O4. The summed E-state index contributed by atoms with van der Waals surface area (Å²) < 4.78 is 0. The summed E-state index contributed by atoms with van der Waals surface area (Å²) >= 11 is 0. The number of nitrogens with one attached hydrogen (secondary N) is 2. The van der Waals surface area contributed by atoms with E-state index in [9.17, 15) is 14.4 Å². The number of amides is 2. The number of carboxylic acid groups (broad SMARTS) is 1. The Bertz CT molecular complexity index is 554. The predicted octanol–water partition coefficient (Wildman–Crippen LogP) is 0.613. The number of carbonyl (C=O) groups is 3. The predicted molar refractivity (Wildman–Crippen MR) is 82.2 cm³/mol. The van der Waals surface area contributed by atoms with Crippen LogP contribution in [0.3, 0.4) is 0 Å². The van der Waals surface area contributed by atoms with Crippen molar-refractivity contribution in [3.8, 4) is 0 Å². The molecular weight excluding hydrogens is 286 g/mol. The van der Waals surface area contributed by atoms with Crippen LogP contribution in [0.25, 0.3) is 0 Å². The highest BCUT2D eigenvalue weighted by molar-refractivity contribution is 5.98. The van der Waals surface area contributed by atoms with Crippen LogP contribution in [0.5, 0.6) is 0 Å². The van der Waals surface area contributed by atoms with Crippen LogP contribution in [0, 0.1) is 5.92 Å². The Hall–Kier alpha value is -2.57. The summed E-state index contributed by atoms with van der Waals surface area (Å²) in [4.78, 5) is 35.0. The van der Waals surface area contributed by atoms with Gasteiger partial charge in [0.1, 0.15) is 12.1 Å². The molecule has 0 fully saturated rings. The highest BCUT2D eigenvalue weighted by atomic mass is 16.4. The topological polar surface area (TPSA) is 122 Å². The van der Waals surface area contributed by atoms with Crippen molar-refractivity contribution in [2.24, 2.45) is 5.92 Å². The van der Waals surface area contributed by atoms with Gasteiger partial charge in [0.2, 0.25) is 5.91 Å². The minimum atomic E-state index is -1.11. The standard InChI is InChI=1S/C15H21N3O4/c1-8(2)12(15(21)22)18-13(19)9(3)17-14(20)10-4-6-11(16)7-5-10/h4-9,12H,16H2,1-3H3,(H,17,20)(H,18,19)(H,21,22). The van der Waals surface area contributed by atoms with Crippen LogP contribution in [0.4, 0.5) is 5.69 Å². The van der Waals surface area contributed by atoms with E-state index in [1.807, 2.05) is 0 Å². The molecule has 0 aliphatic heterocycles. The molecule has 7 nitrogen and oxygen atoms in total. The van der Waals surface area contributed by atoms with Crippen molar-refractivity contribution in [2.45, 2.75) is 32.9 Å². The van der Waals surface area contributed by atoms with E-state index in [1.54, 1.807) is 38.1 Å². The largest absolute Gasteiger partial charge is 0.480 e. The van der Waals surface area contributed by atoms with Gasteiger partial charge in [0.25, 0.3) is 5.91 Å². The van der Waals surface area contributed by atoms with E-state index in [4.69, 9.17) is 10.8 Å². The highest BCUT2D eigenvalue weighted by Gasteiger charge is 2.26. The SMILES string of the molecule is CC(NC(=O)c1ccc(N)cc1)C(=O)NC(C(=O)O)C(C)C. The molecule has 2 amide bonds. The van der Waals surface area contributed by atoms with Crippen molar-refractivity contribution in [3.05, 3.63) is 29.8 Å². The number of carbonyl (C=O) groups excluding carboxylic acids is 2. The molecule has 0 heterocycles. The normalized spacial score (nSPS) is 13.3. The molecule has 0 bridgehead atoms. The molecule has 2 unspecified atom stereocenters. The summed E-state index contributed by atoms with van der Waals surface area (Å²) in [6, 6.07) is 4.40. The fourth-order valence-electron chi connectivity index (χ4n) is 1.77. The van der Waals surface area contributed by atoms with Crippen LogP contribution in [-0.2, 0) is 9.59 Å². The summed E-state index contributed by atoms with van der Waals surface area (Å²) in [5, 5.41) is 14.0. The Morgan fingerprint density at radius 3 is 2.05 bits per heavy atom. The molecule has 5 N–H and O–H groups in total. The average molecular weight is 307 g/mol. The zero-order valence-electron chi connectivity index (χ0n) is 12.8. The molecule has 1 aromatic carbocycles. The number of hydrogen-bond acceptors (Lipinski definition) is 4. The van der Waals surface area contributed by atoms with Gasteiger partial charge >= 0.3 is 5.97 Å². The zero-order chi connectivity index (χ0) is 16.9. The third-order valence-corrected chi connectivity index (χ3v) is 3.14. The van der Waals surface area contributed by atoms with Gasteiger partial charge in [-0.25, -0.2) is 4.79 Å². The molecule has 7 heteroatoms. The van der Waals surface area contributed by atoms with E-state index >= 15 is 0 Å². The molecule has 120 valence electrons. The lowest BCUT2D eigenvalue weighted by atomic mass is 10.0. The molecule has 0 radical (unpaired) electrons. The van der Waals surface area contributed by atoms with Gasteiger partial charge in [-0.3, -0.25) is 9.59 Å². The Labute approximate surface area is 128 Å². The first-order chi connectivity index (χ1) is 10.2. The van der Waals surface area contributed by atoms with Gasteiger partial charge in [-0.05, 0) is 37.1 Å². The summed E-state index contributed by atoms with van der Waals surface area (Å²) in [6.45, 7) is 4.87. The Balaban J connectivity index is 2.65. The molecule has 1 rings (SSSR count). The Morgan fingerprint density at radius 2 is 1.59 bits per heavy atom. The van der Waals surface area contributed by atoms with Gasteiger partial charge in [-0.15, -0.1) is 0 Å². The third kappa shape index (κ3) is 4.76. The van der Waals surface area contributed by atoms with E-state index < -0.39 is 29.9 Å². The van der Waals surface area contributed by atoms with Crippen LogP contribution < -0.4 is 16.4 Å². The molecule has 2 atom stereocenters. The third-order valence-electron chi connectivity index (χ3n) is 3.14. The minimum Gasteiger partial charge on any atom is -0.480 e. The first kappa shape index (κ1) is 17.5. The molecule has 0 aromatic heterocycles. The number of carboxylic acids is 1. The number of hydrogen-bond donors (Lipinski definition) is 4. The van der Waals surface area contributed by atoms with E-state index in [-0.39, 0.29) is 5.92 Å². The van der Waals surface area contributed by atoms with Crippen LogP contribution in [-0.4, -0.2) is 35.0 Å². The van der Waals surface area contributed by atoms with E-state index in [2.05, 4.69) is 10.6 Å². The molecule has 0 saturated carbocycles. The number of nitrogen functional groups attached to an aromatic ring is 1. The van der Waals surface area contributed by atoms with Gasteiger partial charge in [-0.1, -0.05) is 13.8 Å². The van der Waals surface area contributed by atoms with Crippen molar-refractivity contribution in [1.82, 2.24) is 10.6 Å². The fraction of sp³-hybridized carbons (Fsp3) is 0.400. The molecule has 1 aromatic rings. The van der Waals surface area contributed by atoms with Crippen LogP contribution in [0.15, 0.2) is 24.3 Å². The summed E-state index contributed by atoms with van der Waals surface area (Å²) in [5.41, 5.74) is 6.44. The van der Waals surface area contributed by atoms with Gasteiger partial charge < -0.3 is 21.5 Å². The fourth-order valence-corrected chi connectivity index (χ4v) is 1.77. The first-order valence-corrected chi connectivity index (χ1v) is 6.92. The minimum absolute atomic E-state index is 0.263. The van der Waals surface area contributed by atoms with Crippen molar-refractivity contribution in [2.75, 3.05) is 5.73 Å². The van der Waals surface area contributed by atoms with Crippen LogP contribution in [0.1, 0.15) is 31.1 Å². The number of aliphatic carboxylic acids is 1. The second kappa shape index (κ2) is 7.44. The zero-order valence-corrected chi connectivity index (χ0v) is 12.8. The van der Waals surface area contributed by atoms with E-state index in [1.165, 1.54) is 6.92 Å². The Kier molecular flexibility index (Phi) is 5.91. The van der Waals surface area contributed by atoms with Crippen molar-refractivity contribution in [3.63, 3.8) is 0 Å². The molecule has 0 spiro atoms. The smallest absolute Gasteiger partial charge is 0.326 e. The number of anilines is 1. The Morgan fingerprint density at radius 1 is 1.05 bits per heavy atom. The van der Waals surface area contributed by atoms with Gasteiger partial charge in [0.05, 0.1) is 0 Å². The monoisotopic (exact) mass is 307 g/mol. The number of benzene rings is 1. The van der Waals surface area contributed by atoms with Crippen LogP contribution in [0.2, 0.25) is 0 Å². The van der Waals surface area contributed by atoms with Crippen molar-refractivity contribution in [1.29, 1.82) is 0 Å². The maximum absolute atomic E-state index is 12.0. The van der Waals surface area contributed by atoms with Gasteiger partial charge in [-0.2, -0.15) is 0 Å². The maximum atomic E-state index is 12.0. The number of nitrogens with two attached hydrogens (primary N) is 1. The molecule has 0 aliphatic rings. The summed E-state index contributed by atoms with van der Waals surface area (Å²) in [7, 11) is 0. The molecule has 0 saturated heterocycles. The lowest BCUT2D eigenvalue weighted by molar-refractivity contribution is -0.143. The van der Waals surface area contributed by atoms with Crippen molar-refractivity contribution < 1.29 is 19.5 Å². The van der Waals surface area contributed by atoms with Gasteiger partial charge in [0, 0.05) is 11.3 Å². The van der Waals surface area contributed by atoms with Crippen molar-refractivity contribution >= 4 is 23.5 Å². The molecule has 0 aliphatic carbocycles. The average Bonchev–Trinajstić information content (AvgIpc) is 2.44. The quantitative estimate of drug-likeness (QED) is 0.574. The van der Waals surface area contributed by atoms with E-state index in [0.717, 1.165) is 0 Å². The summed E-state index contributed by atoms with van der Waals surface area (Å²) in [6.07, 6.45) is 0. The van der Waals surface area contributed by atoms with Gasteiger partial charge in [0.15, 0.2) is 0 Å². The second-order valence-corrected chi connectivity index (χ2v) is 5.39. The lowest BCUT2D eigenvalue weighted by Crippen LogP contribution is -2.52. The maximum Gasteiger partial charge on any atom is 0.326 e. The first-order valence-electron chi connectivity index (χ1n) is 6.92. The van der Waals surface area contributed by atoms with Crippen LogP contribution >= 0.6 is 0 Å². The highest BCUT2D eigenvalue weighted by Crippen LogP contribution is 2.06. The summed E-state index contributed by atoms with van der Waals surface area (Å²) in [5.74, 6) is -2.36. The number of rotatable bonds is 6. The second-order valence-electron chi connectivity index (χ2n) is 5.39. The molecule has 22 heavy (non-hydrogen) atoms. The van der Waals surface area contributed by atoms with E-state index in [0.29, 0.717) is 11.3 Å².